The molecule has 0 saturated heterocycles. The highest BCUT2D eigenvalue weighted by Gasteiger charge is 2.23. The van der Waals surface area contributed by atoms with Gasteiger partial charge in [-0.1, -0.05) is 18.2 Å². The van der Waals surface area contributed by atoms with Gasteiger partial charge in [-0.25, -0.2) is 13.6 Å². The molecule has 5 nitrogen and oxygen atoms in total. The molecule has 1 atom stereocenters. The van der Waals surface area contributed by atoms with E-state index in [4.69, 9.17) is 5.26 Å². The molecular formula is C18H17F2N3O2. The van der Waals surface area contributed by atoms with Crippen LogP contribution in [-0.4, -0.2) is 17.7 Å². The molecule has 0 spiro atoms. The summed E-state index contributed by atoms with van der Waals surface area (Å²) in [5.74, 6) is -1.01. The van der Waals surface area contributed by atoms with E-state index in [-0.39, 0.29) is 24.2 Å². The molecule has 130 valence electrons. The lowest BCUT2D eigenvalue weighted by Crippen LogP contribution is -2.43. The minimum absolute atomic E-state index is 0.0674. The molecule has 7 heteroatoms. The summed E-state index contributed by atoms with van der Waals surface area (Å²) in [6.07, 6.45) is 0. The van der Waals surface area contributed by atoms with E-state index in [1.807, 2.05) is 6.07 Å². The fourth-order valence-corrected chi connectivity index (χ4v) is 2.16. The first kappa shape index (κ1) is 18.4. The van der Waals surface area contributed by atoms with E-state index in [1.54, 1.807) is 0 Å². The SMILES string of the molecule is C[C@](O)(CNC(=O)NCc1ccc(C#N)cc1F)c1ccc(F)cc1. The number of benzene rings is 2. The number of urea groups is 1. The smallest absolute Gasteiger partial charge is 0.315 e. The Hall–Kier alpha value is -2.98. The Morgan fingerprint density at radius 1 is 1.20 bits per heavy atom. The third kappa shape index (κ3) is 4.99. The minimum Gasteiger partial charge on any atom is -0.384 e. The van der Waals surface area contributed by atoms with Gasteiger partial charge in [0.2, 0.25) is 0 Å². The van der Waals surface area contributed by atoms with Crippen LogP contribution in [0, 0.1) is 23.0 Å². The number of aliphatic hydroxyl groups is 1. The standard InChI is InChI=1S/C18H17F2N3O2/c1-18(25,14-4-6-15(19)7-5-14)11-23-17(24)22-10-13-3-2-12(9-21)8-16(13)20/h2-8,25H,10-11H2,1H3,(H2,22,23,24)/t18-/m0/s1. The number of rotatable bonds is 5. The highest BCUT2D eigenvalue weighted by atomic mass is 19.1. The fourth-order valence-electron chi connectivity index (χ4n) is 2.16. The summed E-state index contributed by atoms with van der Waals surface area (Å²) >= 11 is 0. The number of nitrogens with zero attached hydrogens (tertiary/aromatic N) is 1. The zero-order valence-corrected chi connectivity index (χ0v) is 13.5. The van der Waals surface area contributed by atoms with Gasteiger partial charge >= 0.3 is 6.03 Å². The Kier molecular flexibility index (Phi) is 5.67. The maximum atomic E-state index is 13.7. The van der Waals surface area contributed by atoms with E-state index >= 15 is 0 Å². The van der Waals surface area contributed by atoms with Gasteiger partial charge in [-0.2, -0.15) is 5.26 Å². The van der Waals surface area contributed by atoms with Crippen LogP contribution in [0.15, 0.2) is 42.5 Å². The van der Waals surface area contributed by atoms with Crippen LogP contribution in [0.1, 0.15) is 23.6 Å². The van der Waals surface area contributed by atoms with Crippen molar-refractivity contribution >= 4 is 6.03 Å². The summed E-state index contributed by atoms with van der Waals surface area (Å²) < 4.78 is 26.6. The monoisotopic (exact) mass is 345 g/mol. The Labute approximate surface area is 143 Å². The van der Waals surface area contributed by atoms with Gasteiger partial charge in [0.1, 0.15) is 17.2 Å². The highest BCUT2D eigenvalue weighted by molar-refractivity contribution is 5.73. The van der Waals surface area contributed by atoms with E-state index in [9.17, 15) is 18.7 Å². The number of halogens is 2. The van der Waals surface area contributed by atoms with Crippen molar-refractivity contribution < 1.29 is 18.7 Å². The largest absolute Gasteiger partial charge is 0.384 e. The number of carbonyl (C=O) groups is 1. The summed E-state index contributed by atoms with van der Waals surface area (Å²) in [6, 6.07) is 10.5. The van der Waals surface area contributed by atoms with Crippen molar-refractivity contribution in [2.24, 2.45) is 0 Å². The third-order valence-electron chi connectivity index (χ3n) is 3.68. The van der Waals surface area contributed by atoms with Crippen molar-refractivity contribution in [3.05, 3.63) is 70.8 Å². The second kappa shape index (κ2) is 7.73. The molecule has 0 unspecified atom stereocenters. The van der Waals surface area contributed by atoms with Crippen LogP contribution in [0.4, 0.5) is 13.6 Å². The van der Waals surface area contributed by atoms with Gasteiger partial charge < -0.3 is 15.7 Å². The van der Waals surface area contributed by atoms with Gasteiger partial charge in [0.05, 0.1) is 18.2 Å². The average molecular weight is 345 g/mol. The number of hydrogen-bond donors (Lipinski definition) is 3. The van der Waals surface area contributed by atoms with Gasteiger partial charge in [0, 0.05) is 12.1 Å². The van der Waals surface area contributed by atoms with E-state index < -0.39 is 23.3 Å². The first-order valence-electron chi connectivity index (χ1n) is 7.50. The molecule has 0 aliphatic heterocycles. The van der Waals surface area contributed by atoms with Gasteiger partial charge in [0.15, 0.2) is 0 Å². The normalized spacial score (nSPS) is 12.8. The lowest BCUT2D eigenvalue weighted by atomic mass is 9.96. The zero-order chi connectivity index (χ0) is 18.4. The second-order valence-corrected chi connectivity index (χ2v) is 5.73. The number of nitriles is 1. The van der Waals surface area contributed by atoms with Gasteiger partial charge in [-0.05, 0) is 36.8 Å². The molecule has 3 N–H and O–H groups in total. The van der Waals surface area contributed by atoms with Crippen LogP contribution in [-0.2, 0) is 12.1 Å². The molecule has 2 amide bonds. The van der Waals surface area contributed by atoms with Gasteiger partial charge in [0.25, 0.3) is 0 Å². The van der Waals surface area contributed by atoms with Crippen LogP contribution in [0.5, 0.6) is 0 Å². The predicted octanol–water partition coefficient (Wildman–Crippen LogP) is 2.54. The van der Waals surface area contributed by atoms with Crippen molar-refractivity contribution in [1.29, 1.82) is 5.26 Å². The molecule has 2 aromatic carbocycles. The number of amides is 2. The predicted molar refractivity (Wildman–Crippen MR) is 87.3 cm³/mol. The topological polar surface area (TPSA) is 85.2 Å². The molecular weight excluding hydrogens is 328 g/mol. The maximum Gasteiger partial charge on any atom is 0.315 e. The van der Waals surface area contributed by atoms with E-state index in [1.165, 1.54) is 43.3 Å². The summed E-state index contributed by atoms with van der Waals surface area (Å²) in [4.78, 5) is 11.8. The van der Waals surface area contributed by atoms with Crippen LogP contribution in [0.2, 0.25) is 0 Å². The molecule has 2 aromatic rings. The molecule has 0 aliphatic carbocycles. The quantitative estimate of drug-likeness (QED) is 0.778. The molecule has 0 bridgehead atoms. The highest BCUT2D eigenvalue weighted by Crippen LogP contribution is 2.19. The van der Waals surface area contributed by atoms with Gasteiger partial charge in [-0.15, -0.1) is 0 Å². The van der Waals surface area contributed by atoms with E-state index in [0.717, 1.165) is 6.07 Å². The van der Waals surface area contributed by atoms with Crippen molar-refractivity contribution in [1.82, 2.24) is 10.6 Å². The van der Waals surface area contributed by atoms with E-state index in [2.05, 4.69) is 10.6 Å². The first-order valence-corrected chi connectivity index (χ1v) is 7.50. The first-order chi connectivity index (χ1) is 11.8. The van der Waals surface area contributed by atoms with Crippen molar-refractivity contribution in [3.8, 4) is 6.07 Å². The minimum atomic E-state index is -1.38. The van der Waals surface area contributed by atoms with Crippen LogP contribution in [0.3, 0.4) is 0 Å². The van der Waals surface area contributed by atoms with Crippen LogP contribution >= 0.6 is 0 Å². The Bertz CT molecular complexity index is 799. The van der Waals surface area contributed by atoms with Crippen LogP contribution in [0.25, 0.3) is 0 Å². The Morgan fingerprint density at radius 2 is 1.88 bits per heavy atom. The van der Waals surface area contributed by atoms with Crippen LogP contribution < -0.4 is 10.6 Å². The van der Waals surface area contributed by atoms with Crippen molar-refractivity contribution in [2.45, 2.75) is 19.1 Å². The van der Waals surface area contributed by atoms with Crippen molar-refractivity contribution in [3.63, 3.8) is 0 Å². The molecule has 0 aliphatic rings. The summed E-state index contributed by atoms with van der Waals surface area (Å²) in [7, 11) is 0. The van der Waals surface area contributed by atoms with Gasteiger partial charge in [-0.3, -0.25) is 0 Å². The number of hydrogen-bond acceptors (Lipinski definition) is 3. The summed E-state index contributed by atoms with van der Waals surface area (Å²) in [6.45, 7) is 1.31. The lowest BCUT2D eigenvalue weighted by Gasteiger charge is -2.24. The molecule has 0 radical (unpaired) electrons. The summed E-state index contributed by atoms with van der Waals surface area (Å²) in [5.41, 5.74) is -0.502. The average Bonchev–Trinajstić information content (AvgIpc) is 2.59. The molecule has 0 aromatic heterocycles. The molecule has 0 heterocycles. The number of nitrogens with one attached hydrogen (secondary N) is 2. The Morgan fingerprint density at radius 3 is 2.48 bits per heavy atom. The second-order valence-electron chi connectivity index (χ2n) is 5.73. The molecule has 25 heavy (non-hydrogen) atoms. The van der Waals surface area contributed by atoms with Crippen molar-refractivity contribution in [2.75, 3.05) is 6.54 Å². The maximum absolute atomic E-state index is 13.7. The molecule has 0 saturated carbocycles. The molecule has 0 fully saturated rings. The Balaban J connectivity index is 1.88. The summed E-state index contributed by atoms with van der Waals surface area (Å²) in [5, 5.41) is 24.0. The number of carbonyl (C=O) groups excluding carboxylic acids is 1. The fraction of sp³-hybridized carbons (Fsp3) is 0.222. The van der Waals surface area contributed by atoms with E-state index in [0.29, 0.717) is 5.56 Å². The molecule has 2 rings (SSSR count). The third-order valence-corrected chi connectivity index (χ3v) is 3.68. The lowest BCUT2D eigenvalue weighted by molar-refractivity contribution is 0.0593. The zero-order valence-electron chi connectivity index (χ0n) is 13.5.